The van der Waals surface area contributed by atoms with Crippen LogP contribution in [-0.4, -0.2) is 22.7 Å². The fourth-order valence-electron chi connectivity index (χ4n) is 2.80. The minimum absolute atomic E-state index is 0.134. The molecule has 4 rings (SSSR count). The Kier molecular flexibility index (Phi) is 6.54. The van der Waals surface area contributed by atoms with Crippen LogP contribution in [0.4, 0.5) is 5.69 Å². The summed E-state index contributed by atoms with van der Waals surface area (Å²) in [5.74, 6) is 1.51. The number of furan rings is 1. The molecular formula is C22H17Cl2N3O4. The summed E-state index contributed by atoms with van der Waals surface area (Å²) in [5, 5.41) is 11.9. The zero-order valence-corrected chi connectivity index (χ0v) is 17.7. The van der Waals surface area contributed by atoms with Crippen LogP contribution >= 0.6 is 23.2 Å². The topological polar surface area (TPSA) is 90.4 Å². The Bertz CT molecular complexity index is 1180. The zero-order chi connectivity index (χ0) is 21.6. The van der Waals surface area contributed by atoms with Crippen LogP contribution < -0.4 is 10.1 Å². The fourth-order valence-corrected chi connectivity index (χ4v) is 3.26. The number of halogens is 2. The van der Waals surface area contributed by atoms with Crippen LogP contribution in [0, 0.1) is 0 Å². The molecule has 0 saturated heterocycles. The average Bonchev–Trinajstić information content (AvgIpc) is 3.44. The van der Waals surface area contributed by atoms with Gasteiger partial charge in [-0.2, -0.15) is 0 Å². The van der Waals surface area contributed by atoms with Gasteiger partial charge in [-0.3, -0.25) is 4.79 Å². The van der Waals surface area contributed by atoms with E-state index < -0.39 is 0 Å². The van der Waals surface area contributed by atoms with E-state index in [1.807, 2.05) is 6.07 Å². The van der Waals surface area contributed by atoms with Crippen molar-refractivity contribution in [2.24, 2.45) is 0 Å². The SMILES string of the molecule is O=C(CCCOc1ccc(Cl)cc1Cl)Nc1cccc(-c2nnc(-c3ccco3)o2)c1. The number of carbonyl (C=O) groups is 1. The van der Waals surface area contributed by atoms with Gasteiger partial charge in [-0.15, -0.1) is 10.2 Å². The number of benzene rings is 2. The van der Waals surface area contributed by atoms with Gasteiger partial charge in [0.1, 0.15) is 5.75 Å². The first-order valence-electron chi connectivity index (χ1n) is 9.44. The summed E-state index contributed by atoms with van der Waals surface area (Å²) >= 11 is 11.9. The highest BCUT2D eigenvalue weighted by molar-refractivity contribution is 6.35. The molecule has 0 unspecified atom stereocenters. The van der Waals surface area contributed by atoms with Gasteiger partial charge < -0.3 is 18.9 Å². The summed E-state index contributed by atoms with van der Waals surface area (Å²) in [6.07, 6.45) is 2.35. The van der Waals surface area contributed by atoms with E-state index >= 15 is 0 Å². The van der Waals surface area contributed by atoms with Gasteiger partial charge >= 0.3 is 0 Å². The van der Waals surface area contributed by atoms with Crippen molar-refractivity contribution in [3.05, 3.63) is 70.9 Å². The van der Waals surface area contributed by atoms with Gasteiger partial charge in [0.2, 0.25) is 11.8 Å². The summed E-state index contributed by atoms with van der Waals surface area (Å²) in [6.45, 7) is 0.354. The lowest BCUT2D eigenvalue weighted by Gasteiger charge is -2.09. The summed E-state index contributed by atoms with van der Waals surface area (Å²) in [5.41, 5.74) is 1.31. The van der Waals surface area contributed by atoms with E-state index in [0.717, 1.165) is 0 Å². The van der Waals surface area contributed by atoms with Crippen molar-refractivity contribution in [1.82, 2.24) is 10.2 Å². The van der Waals surface area contributed by atoms with Gasteiger partial charge in [0.25, 0.3) is 5.89 Å². The summed E-state index contributed by atoms with van der Waals surface area (Å²) in [6, 6.07) is 15.7. The average molecular weight is 458 g/mol. The highest BCUT2D eigenvalue weighted by Crippen LogP contribution is 2.28. The number of hydrogen-bond acceptors (Lipinski definition) is 6. The Morgan fingerprint density at radius 3 is 2.71 bits per heavy atom. The first kappa shape index (κ1) is 21.0. The molecule has 1 amide bonds. The third kappa shape index (κ3) is 5.45. The van der Waals surface area contributed by atoms with Crippen molar-refractivity contribution < 1.29 is 18.4 Å². The zero-order valence-electron chi connectivity index (χ0n) is 16.2. The molecule has 0 bridgehead atoms. The van der Waals surface area contributed by atoms with E-state index in [-0.39, 0.29) is 11.8 Å². The van der Waals surface area contributed by atoms with Crippen LogP contribution in [0.5, 0.6) is 5.75 Å². The molecule has 0 aliphatic rings. The summed E-state index contributed by atoms with van der Waals surface area (Å²) in [7, 11) is 0. The smallest absolute Gasteiger partial charge is 0.283 e. The van der Waals surface area contributed by atoms with Crippen LogP contribution in [0.2, 0.25) is 10.0 Å². The van der Waals surface area contributed by atoms with Crippen molar-refractivity contribution in [2.75, 3.05) is 11.9 Å². The van der Waals surface area contributed by atoms with E-state index in [1.165, 1.54) is 6.26 Å². The van der Waals surface area contributed by atoms with Crippen molar-refractivity contribution in [3.8, 4) is 28.9 Å². The molecule has 2 aromatic heterocycles. The van der Waals surface area contributed by atoms with E-state index in [2.05, 4.69) is 15.5 Å². The highest BCUT2D eigenvalue weighted by atomic mass is 35.5. The molecule has 9 heteroatoms. The molecule has 158 valence electrons. The lowest BCUT2D eigenvalue weighted by molar-refractivity contribution is -0.116. The van der Waals surface area contributed by atoms with Gasteiger partial charge in [0, 0.05) is 22.7 Å². The van der Waals surface area contributed by atoms with Crippen LogP contribution in [0.1, 0.15) is 12.8 Å². The van der Waals surface area contributed by atoms with Crippen molar-refractivity contribution in [2.45, 2.75) is 12.8 Å². The van der Waals surface area contributed by atoms with Crippen LogP contribution in [0.25, 0.3) is 23.1 Å². The first-order chi connectivity index (χ1) is 15.1. The Morgan fingerprint density at radius 1 is 1.03 bits per heavy atom. The maximum atomic E-state index is 12.3. The van der Waals surface area contributed by atoms with E-state index in [1.54, 1.807) is 48.5 Å². The fraction of sp³-hybridized carbons (Fsp3) is 0.136. The normalized spacial score (nSPS) is 10.8. The van der Waals surface area contributed by atoms with Gasteiger partial charge in [-0.05, 0) is 55.0 Å². The monoisotopic (exact) mass is 457 g/mol. The molecule has 7 nitrogen and oxygen atoms in total. The predicted molar refractivity (Wildman–Crippen MR) is 117 cm³/mol. The lowest BCUT2D eigenvalue weighted by Crippen LogP contribution is -2.12. The van der Waals surface area contributed by atoms with E-state index in [9.17, 15) is 4.79 Å². The molecular weight excluding hydrogens is 441 g/mol. The molecule has 0 fully saturated rings. The molecule has 2 heterocycles. The molecule has 4 aromatic rings. The molecule has 0 atom stereocenters. The molecule has 0 aliphatic carbocycles. The van der Waals surface area contributed by atoms with E-state index in [4.69, 9.17) is 36.8 Å². The molecule has 0 aliphatic heterocycles. The Morgan fingerprint density at radius 2 is 1.90 bits per heavy atom. The standard InChI is InChI=1S/C22H17Cl2N3O4/c23-15-8-9-18(17(24)13-15)29-11-3-7-20(28)25-16-5-1-4-14(12-16)21-26-27-22(31-21)19-6-2-10-30-19/h1-2,4-6,8-10,12-13H,3,7,11H2,(H,25,28). The van der Waals surface area contributed by atoms with Crippen LogP contribution in [0.3, 0.4) is 0 Å². The third-order valence-corrected chi connectivity index (χ3v) is 4.78. The second kappa shape index (κ2) is 9.68. The maximum absolute atomic E-state index is 12.3. The Hall–Kier alpha value is -3.29. The van der Waals surface area contributed by atoms with Crippen LogP contribution in [0.15, 0.2) is 69.7 Å². The molecule has 0 saturated carbocycles. The van der Waals surface area contributed by atoms with E-state index in [0.29, 0.717) is 58.1 Å². The molecule has 31 heavy (non-hydrogen) atoms. The number of hydrogen-bond donors (Lipinski definition) is 1. The minimum Gasteiger partial charge on any atom is -0.492 e. The maximum Gasteiger partial charge on any atom is 0.283 e. The quantitative estimate of drug-likeness (QED) is 0.321. The van der Waals surface area contributed by atoms with Crippen molar-refractivity contribution in [3.63, 3.8) is 0 Å². The second-order valence-corrected chi connectivity index (χ2v) is 7.39. The highest BCUT2D eigenvalue weighted by Gasteiger charge is 2.13. The summed E-state index contributed by atoms with van der Waals surface area (Å²) < 4.78 is 16.5. The largest absolute Gasteiger partial charge is 0.492 e. The molecule has 0 radical (unpaired) electrons. The number of aromatic nitrogens is 2. The molecule has 0 spiro atoms. The van der Waals surface area contributed by atoms with Gasteiger partial charge in [-0.25, -0.2) is 0 Å². The van der Waals surface area contributed by atoms with Crippen molar-refractivity contribution >= 4 is 34.8 Å². The van der Waals surface area contributed by atoms with Crippen molar-refractivity contribution in [1.29, 1.82) is 0 Å². The number of carbonyl (C=O) groups excluding carboxylic acids is 1. The minimum atomic E-state index is -0.134. The Labute approximate surface area is 187 Å². The van der Waals surface area contributed by atoms with Gasteiger partial charge in [0.15, 0.2) is 5.76 Å². The number of nitrogens with one attached hydrogen (secondary N) is 1. The first-order valence-corrected chi connectivity index (χ1v) is 10.2. The van der Waals surface area contributed by atoms with Gasteiger partial charge in [0.05, 0.1) is 17.9 Å². The number of amides is 1. The third-order valence-electron chi connectivity index (χ3n) is 4.25. The Balaban J connectivity index is 1.30. The van der Waals surface area contributed by atoms with Gasteiger partial charge in [-0.1, -0.05) is 29.3 Å². The van der Waals surface area contributed by atoms with Crippen LogP contribution in [-0.2, 0) is 4.79 Å². The second-order valence-electron chi connectivity index (χ2n) is 6.55. The number of anilines is 1. The predicted octanol–water partition coefficient (Wildman–Crippen LogP) is 6.10. The lowest BCUT2D eigenvalue weighted by atomic mass is 10.2. The molecule has 2 aromatic carbocycles. The molecule has 1 N–H and O–H groups in total. The number of ether oxygens (including phenoxy) is 1. The summed E-state index contributed by atoms with van der Waals surface area (Å²) in [4.78, 5) is 12.3. The number of rotatable bonds is 8. The number of nitrogens with zero attached hydrogens (tertiary/aromatic N) is 2.